The highest BCUT2D eigenvalue weighted by Gasteiger charge is 2.34. The molecule has 1 aromatic rings. The molecule has 144 valence electrons. The number of hydrogen-bond acceptors (Lipinski definition) is 4. The van der Waals surface area contributed by atoms with Crippen LogP contribution in [0.5, 0.6) is 0 Å². The first-order chi connectivity index (χ1) is 12.3. The van der Waals surface area contributed by atoms with E-state index in [2.05, 4.69) is 29.2 Å². The van der Waals surface area contributed by atoms with E-state index in [1.54, 1.807) is 0 Å². The van der Waals surface area contributed by atoms with Gasteiger partial charge in [-0.1, -0.05) is 51.1 Å². The van der Waals surface area contributed by atoms with Gasteiger partial charge in [0.2, 0.25) is 5.91 Å². The standard InChI is InChI=1S/C21H32N2O3/c1-21(2,3)20(25)23(15-12-19(24)26-4)18-10-13-22(14-11-18)16-17-8-6-5-7-9-17/h5-9,18H,10-16H2,1-4H3. The van der Waals surface area contributed by atoms with Gasteiger partial charge >= 0.3 is 5.97 Å². The molecular formula is C21H32N2O3. The van der Waals surface area contributed by atoms with Crippen molar-refractivity contribution < 1.29 is 14.3 Å². The van der Waals surface area contributed by atoms with Crippen LogP contribution in [0.3, 0.4) is 0 Å². The van der Waals surface area contributed by atoms with E-state index in [9.17, 15) is 9.59 Å². The average Bonchev–Trinajstić information content (AvgIpc) is 2.62. The van der Waals surface area contributed by atoms with Crippen molar-refractivity contribution in [2.75, 3.05) is 26.7 Å². The molecule has 0 aliphatic carbocycles. The summed E-state index contributed by atoms with van der Waals surface area (Å²) in [5, 5.41) is 0. The fraction of sp³-hybridized carbons (Fsp3) is 0.619. The van der Waals surface area contributed by atoms with E-state index in [1.807, 2.05) is 31.7 Å². The number of carbonyl (C=O) groups excluding carboxylic acids is 2. The highest BCUT2D eigenvalue weighted by molar-refractivity contribution is 5.82. The lowest BCUT2D eigenvalue weighted by atomic mass is 9.92. The molecule has 0 aromatic heterocycles. The minimum absolute atomic E-state index is 0.114. The third kappa shape index (κ3) is 5.84. The lowest BCUT2D eigenvalue weighted by Gasteiger charge is -2.41. The molecule has 2 rings (SSSR count). The Balaban J connectivity index is 1.96. The third-order valence-corrected chi connectivity index (χ3v) is 4.93. The van der Waals surface area contributed by atoms with Gasteiger partial charge in [-0.15, -0.1) is 0 Å². The van der Waals surface area contributed by atoms with Crippen molar-refractivity contribution in [1.29, 1.82) is 0 Å². The monoisotopic (exact) mass is 360 g/mol. The van der Waals surface area contributed by atoms with Gasteiger partial charge in [0, 0.05) is 37.6 Å². The summed E-state index contributed by atoms with van der Waals surface area (Å²) in [6.45, 7) is 9.12. The lowest BCUT2D eigenvalue weighted by molar-refractivity contribution is -0.146. The second-order valence-electron chi connectivity index (χ2n) is 8.07. The van der Waals surface area contributed by atoms with Crippen molar-refractivity contribution in [2.24, 2.45) is 5.41 Å². The second-order valence-corrected chi connectivity index (χ2v) is 8.07. The zero-order chi connectivity index (χ0) is 19.2. The molecule has 0 N–H and O–H groups in total. The van der Waals surface area contributed by atoms with Crippen molar-refractivity contribution in [3.05, 3.63) is 35.9 Å². The Morgan fingerprint density at radius 2 is 1.77 bits per heavy atom. The van der Waals surface area contributed by atoms with Crippen molar-refractivity contribution in [3.63, 3.8) is 0 Å². The zero-order valence-corrected chi connectivity index (χ0v) is 16.5. The van der Waals surface area contributed by atoms with Crippen LogP contribution in [-0.2, 0) is 20.9 Å². The molecule has 5 nitrogen and oxygen atoms in total. The van der Waals surface area contributed by atoms with Gasteiger partial charge < -0.3 is 9.64 Å². The molecule has 0 unspecified atom stereocenters. The number of methoxy groups -OCH3 is 1. The molecule has 1 aromatic carbocycles. The Bertz CT molecular complexity index is 587. The van der Waals surface area contributed by atoms with E-state index in [0.717, 1.165) is 32.5 Å². The van der Waals surface area contributed by atoms with E-state index in [0.29, 0.717) is 6.54 Å². The first kappa shape index (κ1) is 20.4. The summed E-state index contributed by atoms with van der Waals surface area (Å²) in [4.78, 5) is 28.8. The van der Waals surface area contributed by atoms with Gasteiger partial charge in [0.1, 0.15) is 0 Å². The topological polar surface area (TPSA) is 49.9 Å². The van der Waals surface area contributed by atoms with Crippen molar-refractivity contribution >= 4 is 11.9 Å². The van der Waals surface area contributed by atoms with Crippen molar-refractivity contribution in [3.8, 4) is 0 Å². The Morgan fingerprint density at radius 3 is 2.31 bits per heavy atom. The van der Waals surface area contributed by atoms with Crippen LogP contribution in [0.2, 0.25) is 0 Å². The maximum absolute atomic E-state index is 12.9. The molecule has 0 bridgehead atoms. The quantitative estimate of drug-likeness (QED) is 0.732. The number of rotatable bonds is 6. The van der Waals surface area contributed by atoms with E-state index in [1.165, 1.54) is 12.7 Å². The largest absolute Gasteiger partial charge is 0.469 e. The SMILES string of the molecule is COC(=O)CCN(C(=O)C(C)(C)C)C1CCN(Cc2ccccc2)CC1. The minimum Gasteiger partial charge on any atom is -0.469 e. The number of esters is 1. The van der Waals surface area contributed by atoms with Gasteiger partial charge in [-0.2, -0.15) is 0 Å². The maximum Gasteiger partial charge on any atom is 0.307 e. The Kier molecular flexibility index (Phi) is 7.21. The van der Waals surface area contributed by atoms with E-state index in [4.69, 9.17) is 4.74 Å². The van der Waals surface area contributed by atoms with Gasteiger partial charge in [-0.05, 0) is 18.4 Å². The number of ether oxygens (including phenoxy) is 1. The highest BCUT2D eigenvalue weighted by atomic mass is 16.5. The van der Waals surface area contributed by atoms with Crippen LogP contribution in [0.15, 0.2) is 30.3 Å². The first-order valence-electron chi connectivity index (χ1n) is 9.45. The second kappa shape index (κ2) is 9.17. The van der Waals surface area contributed by atoms with Gasteiger partial charge in [0.15, 0.2) is 0 Å². The summed E-state index contributed by atoms with van der Waals surface area (Å²) in [6.07, 6.45) is 2.13. The number of benzene rings is 1. The van der Waals surface area contributed by atoms with Gasteiger partial charge in [-0.25, -0.2) is 0 Å². The summed E-state index contributed by atoms with van der Waals surface area (Å²) >= 11 is 0. The van der Waals surface area contributed by atoms with E-state index in [-0.39, 0.29) is 24.3 Å². The molecule has 0 atom stereocenters. The molecule has 26 heavy (non-hydrogen) atoms. The molecule has 0 saturated carbocycles. The van der Waals surface area contributed by atoms with Crippen LogP contribution in [0, 0.1) is 5.41 Å². The van der Waals surface area contributed by atoms with E-state index < -0.39 is 5.41 Å². The highest BCUT2D eigenvalue weighted by Crippen LogP contribution is 2.25. The Hall–Kier alpha value is -1.88. The molecule has 0 spiro atoms. The normalized spacial score (nSPS) is 16.3. The summed E-state index contributed by atoms with van der Waals surface area (Å²) in [7, 11) is 1.39. The van der Waals surface area contributed by atoms with Crippen molar-refractivity contribution in [2.45, 2.75) is 52.6 Å². The molecule has 5 heteroatoms. The minimum atomic E-state index is -0.447. The number of hydrogen-bond donors (Lipinski definition) is 0. The predicted molar refractivity (Wildman–Crippen MR) is 103 cm³/mol. The van der Waals surface area contributed by atoms with Gasteiger partial charge in [0.05, 0.1) is 13.5 Å². The molecule has 1 aliphatic rings. The molecule has 1 saturated heterocycles. The molecule has 0 radical (unpaired) electrons. The molecular weight excluding hydrogens is 328 g/mol. The lowest BCUT2D eigenvalue weighted by Crippen LogP contribution is -2.51. The molecule has 1 heterocycles. The molecule has 1 amide bonds. The first-order valence-corrected chi connectivity index (χ1v) is 9.45. The Morgan fingerprint density at radius 1 is 1.15 bits per heavy atom. The molecule has 1 aliphatic heterocycles. The smallest absolute Gasteiger partial charge is 0.307 e. The van der Waals surface area contributed by atoms with Crippen LogP contribution >= 0.6 is 0 Å². The van der Waals surface area contributed by atoms with Gasteiger partial charge in [0.25, 0.3) is 0 Å². The third-order valence-electron chi connectivity index (χ3n) is 4.93. The average molecular weight is 360 g/mol. The number of piperidine rings is 1. The fourth-order valence-corrected chi connectivity index (χ4v) is 3.43. The van der Waals surface area contributed by atoms with Crippen LogP contribution in [0.25, 0.3) is 0 Å². The summed E-state index contributed by atoms with van der Waals surface area (Å²) in [6, 6.07) is 10.7. The molecule has 1 fully saturated rings. The number of nitrogens with zero attached hydrogens (tertiary/aromatic N) is 2. The predicted octanol–water partition coefficient (Wildman–Crippen LogP) is 3.09. The van der Waals surface area contributed by atoms with Crippen LogP contribution < -0.4 is 0 Å². The Labute approximate surface area is 157 Å². The number of likely N-dealkylation sites (tertiary alicyclic amines) is 1. The van der Waals surface area contributed by atoms with Crippen LogP contribution in [0.4, 0.5) is 0 Å². The van der Waals surface area contributed by atoms with E-state index >= 15 is 0 Å². The summed E-state index contributed by atoms with van der Waals surface area (Å²) in [5.74, 6) is -0.152. The van der Waals surface area contributed by atoms with Gasteiger partial charge in [-0.3, -0.25) is 14.5 Å². The summed E-state index contributed by atoms with van der Waals surface area (Å²) in [5.41, 5.74) is 0.872. The zero-order valence-electron chi connectivity index (χ0n) is 16.5. The van der Waals surface area contributed by atoms with Crippen LogP contribution in [-0.4, -0.2) is 54.5 Å². The fourth-order valence-electron chi connectivity index (χ4n) is 3.43. The van der Waals surface area contributed by atoms with Crippen molar-refractivity contribution in [1.82, 2.24) is 9.80 Å². The van der Waals surface area contributed by atoms with Crippen LogP contribution in [0.1, 0.15) is 45.6 Å². The summed E-state index contributed by atoms with van der Waals surface area (Å²) < 4.78 is 4.75. The number of carbonyl (C=O) groups is 2. The number of amides is 1. The maximum atomic E-state index is 12.9.